The van der Waals surface area contributed by atoms with Crippen LogP contribution in [0.5, 0.6) is 5.75 Å². The number of benzene rings is 3. The fourth-order valence-electron chi connectivity index (χ4n) is 6.70. The monoisotopic (exact) mass is 725 g/mol. The topological polar surface area (TPSA) is 70.5 Å². The fraction of sp³-hybridized carbons (Fsp3) is 0.191. The van der Waals surface area contributed by atoms with E-state index in [0.29, 0.717) is 0 Å². The van der Waals surface area contributed by atoms with Gasteiger partial charge in [-0.2, -0.15) is 0 Å². The summed E-state index contributed by atoms with van der Waals surface area (Å²) >= 11 is 0. The molecule has 0 aliphatic rings. The third-order valence-electron chi connectivity index (χ3n) is 9.58. The Balaban J connectivity index is 1.10. The number of methoxy groups -OCH3 is 1. The lowest BCUT2D eigenvalue weighted by Gasteiger charge is -2.27. The second-order valence-electron chi connectivity index (χ2n) is 13.6. The van der Waals surface area contributed by atoms with E-state index >= 15 is 0 Å². The molecule has 4 heterocycles. The van der Waals surface area contributed by atoms with Gasteiger partial charge < -0.3 is 9.64 Å². The first-order chi connectivity index (χ1) is 27.2. The highest BCUT2D eigenvalue weighted by Gasteiger charge is 2.16. The van der Waals surface area contributed by atoms with Gasteiger partial charge in [0.15, 0.2) is 0 Å². The molecule has 0 radical (unpaired) electrons. The van der Waals surface area contributed by atoms with Crippen molar-refractivity contribution in [2.75, 3.05) is 25.1 Å². The molecule has 276 valence electrons. The molecular formula is C47H47N7O. The van der Waals surface area contributed by atoms with Crippen molar-refractivity contribution in [3.8, 4) is 5.75 Å². The van der Waals surface area contributed by atoms with Crippen molar-refractivity contribution in [1.82, 2.24) is 29.7 Å². The van der Waals surface area contributed by atoms with Gasteiger partial charge in [-0.05, 0) is 108 Å². The molecule has 0 unspecified atom stereocenters. The molecule has 0 N–H and O–H groups in total. The number of nitrogens with zero attached hydrogens (tertiary/aromatic N) is 7. The van der Waals surface area contributed by atoms with Gasteiger partial charge in [-0.3, -0.25) is 29.7 Å². The Morgan fingerprint density at radius 2 is 0.764 bits per heavy atom. The standard InChI is InChI=1S/C47H47N7O/c1-55-47-24-22-46(23-25-47)54(44-18-14-38(15-19-44)34-52(36-42-12-4-8-30-50-42)32-26-40-10-2-6-28-48-40)45-20-16-39(17-21-45)35-53(37-43-13-5-9-31-51-43)33-27-41-11-3-7-29-49-41/h2-25,28-31H,26-27,32-37H2,1H3. The molecule has 55 heavy (non-hydrogen) atoms. The maximum atomic E-state index is 5.50. The summed E-state index contributed by atoms with van der Waals surface area (Å²) in [4.78, 5) is 25.5. The van der Waals surface area contributed by atoms with Gasteiger partial charge in [-0.1, -0.05) is 48.5 Å². The van der Waals surface area contributed by atoms with Crippen molar-refractivity contribution < 1.29 is 4.74 Å². The van der Waals surface area contributed by atoms with Gasteiger partial charge in [0.05, 0.1) is 18.5 Å². The van der Waals surface area contributed by atoms with Crippen LogP contribution in [0.1, 0.15) is 33.9 Å². The van der Waals surface area contributed by atoms with Crippen LogP contribution in [0.25, 0.3) is 0 Å². The number of hydrogen-bond donors (Lipinski definition) is 0. The molecule has 3 aromatic carbocycles. The smallest absolute Gasteiger partial charge is 0.119 e. The Kier molecular flexibility index (Phi) is 13.0. The molecule has 0 aliphatic carbocycles. The van der Waals surface area contributed by atoms with Crippen molar-refractivity contribution in [2.45, 2.75) is 39.0 Å². The van der Waals surface area contributed by atoms with Crippen LogP contribution in [0.15, 0.2) is 170 Å². The third-order valence-corrected chi connectivity index (χ3v) is 9.58. The summed E-state index contributed by atoms with van der Waals surface area (Å²) in [6.45, 7) is 4.89. The third kappa shape index (κ3) is 10.9. The zero-order valence-corrected chi connectivity index (χ0v) is 31.4. The minimum atomic E-state index is 0.766. The number of aromatic nitrogens is 4. The van der Waals surface area contributed by atoms with Crippen LogP contribution < -0.4 is 9.64 Å². The van der Waals surface area contributed by atoms with Gasteiger partial charge in [-0.25, -0.2) is 0 Å². The molecule has 0 fully saturated rings. The summed E-state index contributed by atoms with van der Waals surface area (Å²) in [6, 6.07) is 50.5. The average molecular weight is 726 g/mol. The van der Waals surface area contributed by atoms with Gasteiger partial charge >= 0.3 is 0 Å². The largest absolute Gasteiger partial charge is 0.497 e. The fourth-order valence-corrected chi connectivity index (χ4v) is 6.70. The van der Waals surface area contributed by atoms with E-state index < -0.39 is 0 Å². The molecule has 0 amide bonds. The van der Waals surface area contributed by atoms with Crippen LogP contribution >= 0.6 is 0 Å². The number of rotatable bonds is 18. The van der Waals surface area contributed by atoms with E-state index in [2.05, 4.69) is 144 Å². The SMILES string of the molecule is COc1ccc(N(c2ccc(CN(CCc3ccccn3)Cc3ccccn3)cc2)c2ccc(CN(CCc3ccccn3)Cc3ccccn3)cc2)cc1. The highest BCUT2D eigenvalue weighted by molar-refractivity contribution is 5.76. The summed E-state index contributed by atoms with van der Waals surface area (Å²) in [6.07, 6.45) is 9.20. The van der Waals surface area contributed by atoms with E-state index in [1.165, 1.54) is 11.1 Å². The van der Waals surface area contributed by atoms with E-state index in [-0.39, 0.29) is 0 Å². The number of pyridine rings is 4. The highest BCUT2D eigenvalue weighted by Crippen LogP contribution is 2.36. The van der Waals surface area contributed by atoms with Gasteiger partial charge in [0.2, 0.25) is 0 Å². The normalized spacial score (nSPS) is 11.2. The minimum absolute atomic E-state index is 0.766. The van der Waals surface area contributed by atoms with Crippen LogP contribution in [0, 0.1) is 0 Å². The summed E-state index contributed by atoms with van der Waals surface area (Å²) < 4.78 is 5.50. The second kappa shape index (κ2) is 19.2. The molecule has 8 heteroatoms. The predicted molar refractivity (Wildman–Crippen MR) is 220 cm³/mol. The molecule has 0 saturated carbocycles. The number of hydrogen-bond acceptors (Lipinski definition) is 8. The average Bonchev–Trinajstić information content (AvgIpc) is 3.25. The second-order valence-corrected chi connectivity index (χ2v) is 13.6. The molecule has 0 saturated heterocycles. The van der Waals surface area contributed by atoms with Crippen LogP contribution in [-0.2, 0) is 39.0 Å². The molecule has 4 aromatic heterocycles. The Morgan fingerprint density at radius 1 is 0.400 bits per heavy atom. The van der Waals surface area contributed by atoms with Crippen molar-refractivity contribution in [3.05, 3.63) is 204 Å². The summed E-state index contributed by atoms with van der Waals surface area (Å²) in [7, 11) is 1.70. The first-order valence-electron chi connectivity index (χ1n) is 18.8. The molecule has 0 atom stereocenters. The maximum Gasteiger partial charge on any atom is 0.119 e. The summed E-state index contributed by atoms with van der Waals surface area (Å²) in [5.41, 5.74) is 10.0. The van der Waals surface area contributed by atoms with E-state index in [4.69, 9.17) is 4.74 Å². The van der Waals surface area contributed by atoms with Crippen molar-refractivity contribution in [2.24, 2.45) is 0 Å². The molecule has 8 nitrogen and oxygen atoms in total. The molecule has 7 rings (SSSR count). The summed E-state index contributed by atoms with van der Waals surface area (Å²) in [5, 5.41) is 0. The highest BCUT2D eigenvalue weighted by atomic mass is 16.5. The van der Waals surface area contributed by atoms with E-state index in [1.807, 2.05) is 61.2 Å². The predicted octanol–water partition coefficient (Wildman–Crippen LogP) is 9.23. The first kappa shape index (κ1) is 37.1. The Morgan fingerprint density at radius 3 is 1.11 bits per heavy atom. The lowest BCUT2D eigenvalue weighted by atomic mass is 10.1. The molecule has 0 spiro atoms. The van der Waals surface area contributed by atoms with Crippen molar-refractivity contribution in [1.29, 1.82) is 0 Å². The Bertz CT molecular complexity index is 2000. The Labute approximate surface area is 324 Å². The minimum Gasteiger partial charge on any atom is -0.497 e. The van der Waals surface area contributed by atoms with Crippen LogP contribution in [0.3, 0.4) is 0 Å². The van der Waals surface area contributed by atoms with Gasteiger partial charge in [0.1, 0.15) is 5.75 Å². The van der Waals surface area contributed by atoms with Gasteiger partial charge in [0.25, 0.3) is 0 Å². The molecule has 0 bridgehead atoms. The summed E-state index contributed by atoms with van der Waals surface area (Å²) in [5.74, 6) is 0.826. The maximum absolute atomic E-state index is 5.50. The van der Waals surface area contributed by atoms with Crippen molar-refractivity contribution in [3.63, 3.8) is 0 Å². The number of anilines is 3. The van der Waals surface area contributed by atoms with Crippen LogP contribution in [0.2, 0.25) is 0 Å². The number of ether oxygens (including phenoxy) is 1. The zero-order valence-electron chi connectivity index (χ0n) is 31.4. The molecule has 7 aromatic rings. The lowest BCUT2D eigenvalue weighted by Crippen LogP contribution is -2.26. The lowest BCUT2D eigenvalue weighted by molar-refractivity contribution is 0.256. The van der Waals surface area contributed by atoms with Crippen molar-refractivity contribution >= 4 is 17.1 Å². The van der Waals surface area contributed by atoms with E-state index in [9.17, 15) is 0 Å². The van der Waals surface area contributed by atoms with Crippen LogP contribution in [0.4, 0.5) is 17.1 Å². The zero-order chi connectivity index (χ0) is 37.5. The van der Waals surface area contributed by atoms with Gasteiger partial charge in [0, 0.05) is 105 Å². The van der Waals surface area contributed by atoms with Gasteiger partial charge in [-0.15, -0.1) is 0 Å². The van der Waals surface area contributed by atoms with E-state index in [1.54, 1.807) is 7.11 Å². The first-order valence-corrected chi connectivity index (χ1v) is 18.8. The van der Waals surface area contributed by atoms with E-state index in [0.717, 1.165) is 97.7 Å². The Hall–Kier alpha value is -6.22. The molecule has 0 aliphatic heterocycles. The van der Waals surface area contributed by atoms with Crippen LogP contribution in [-0.4, -0.2) is 49.9 Å². The quantitative estimate of drug-likeness (QED) is 0.0868. The molecular weight excluding hydrogens is 679 g/mol.